The number of rotatable bonds is 4. The van der Waals surface area contributed by atoms with Crippen LogP contribution in [0.15, 0.2) is 47.1 Å². The molecule has 150 valence electrons. The van der Waals surface area contributed by atoms with E-state index in [1.165, 1.54) is 24.2 Å². The molecule has 0 N–H and O–H groups in total. The molecule has 2 aromatic heterocycles. The average Bonchev–Trinajstić information content (AvgIpc) is 3.16. The van der Waals surface area contributed by atoms with Crippen LogP contribution in [0.25, 0.3) is 0 Å². The van der Waals surface area contributed by atoms with Gasteiger partial charge in [0.25, 0.3) is 0 Å². The highest BCUT2D eigenvalue weighted by Crippen LogP contribution is 2.42. The van der Waals surface area contributed by atoms with E-state index >= 15 is 0 Å². The molecule has 5 rings (SSSR count). The van der Waals surface area contributed by atoms with Gasteiger partial charge in [-0.25, -0.2) is 4.39 Å². The van der Waals surface area contributed by atoms with E-state index in [9.17, 15) is 4.39 Å². The van der Waals surface area contributed by atoms with Crippen molar-refractivity contribution < 1.29 is 8.91 Å². The van der Waals surface area contributed by atoms with Gasteiger partial charge in [-0.2, -0.15) is 4.98 Å². The minimum absolute atomic E-state index is 0.238. The molecule has 3 aromatic rings. The van der Waals surface area contributed by atoms with E-state index in [0.717, 1.165) is 43.9 Å². The summed E-state index contributed by atoms with van der Waals surface area (Å²) in [5.74, 6) is 0.395. The molecule has 0 radical (unpaired) electrons. The third-order valence-corrected chi connectivity index (χ3v) is 5.96. The van der Waals surface area contributed by atoms with Gasteiger partial charge in [-0.3, -0.25) is 4.98 Å². The quantitative estimate of drug-likeness (QED) is 0.675. The molecule has 2 fully saturated rings. The second-order valence-electron chi connectivity index (χ2n) is 8.33. The zero-order chi connectivity index (χ0) is 19.8. The van der Waals surface area contributed by atoms with Gasteiger partial charge in [0.1, 0.15) is 5.82 Å². The van der Waals surface area contributed by atoms with E-state index in [2.05, 4.69) is 37.1 Å². The van der Waals surface area contributed by atoms with Crippen LogP contribution in [0, 0.1) is 18.2 Å². The molecule has 4 heterocycles. The Morgan fingerprint density at radius 3 is 2.69 bits per heavy atom. The monoisotopic (exact) mass is 393 g/mol. The predicted octanol–water partition coefficient (Wildman–Crippen LogP) is 3.61. The summed E-state index contributed by atoms with van der Waals surface area (Å²) in [4.78, 5) is 13.5. The summed E-state index contributed by atoms with van der Waals surface area (Å²) in [6.07, 6.45) is 4.77. The maximum Gasteiger partial charge on any atom is 0.324 e. The van der Waals surface area contributed by atoms with Crippen LogP contribution in [0.2, 0.25) is 0 Å². The lowest BCUT2D eigenvalue weighted by molar-refractivity contribution is 0.169. The van der Waals surface area contributed by atoms with Crippen molar-refractivity contribution in [2.45, 2.75) is 26.2 Å². The number of anilines is 2. The molecule has 2 aliphatic rings. The van der Waals surface area contributed by atoms with Gasteiger partial charge in [0.2, 0.25) is 0 Å². The Balaban J connectivity index is 1.24. The largest absolute Gasteiger partial charge is 0.370 e. The third kappa shape index (κ3) is 3.69. The minimum Gasteiger partial charge on any atom is -0.370 e. The number of hydrogen-bond acceptors (Lipinski definition) is 6. The number of hydrogen-bond donors (Lipinski definition) is 0. The zero-order valence-corrected chi connectivity index (χ0v) is 16.5. The summed E-state index contributed by atoms with van der Waals surface area (Å²) in [7, 11) is 0. The Kier molecular flexibility index (Phi) is 4.45. The average molecular weight is 393 g/mol. The number of aromatic nitrogens is 3. The van der Waals surface area contributed by atoms with Crippen LogP contribution in [0.3, 0.4) is 0 Å². The Labute approximate surface area is 169 Å². The van der Waals surface area contributed by atoms with Gasteiger partial charge >= 0.3 is 6.01 Å². The first-order chi connectivity index (χ1) is 14.1. The van der Waals surface area contributed by atoms with E-state index < -0.39 is 0 Å². The molecule has 1 aromatic carbocycles. The fraction of sp³-hybridized carbons (Fsp3) is 0.409. The van der Waals surface area contributed by atoms with E-state index in [0.29, 0.717) is 18.3 Å². The molecular formula is C22H24FN5O. The van der Waals surface area contributed by atoms with Crippen LogP contribution in [0.4, 0.5) is 16.1 Å². The second kappa shape index (κ2) is 7.13. The number of nitrogens with zero attached hydrogens (tertiary/aromatic N) is 5. The van der Waals surface area contributed by atoms with Gasteiger partial charge < -0.3 is 14.3 Å². The van der Waals surface area contributed by atoms with Crippen LogP contribution in [0.1, 0.15) is 29.9 Å². The van der Waals surface area contributed by atoms with Crippen molar-refractivity contribution >= 4 is 11.7 Å². The van der Waals surface area contributed by atoms with Crippen molar-refractivity contribution in [1.29, 1.82) is 0 Å². The maximum atomic E-state index is 13.1. The summed E-state index contributed by atoms with van der Waals surface area (Å²) in [5, 5.41) is 4.13. The van der Waals surface area contributed by atoms with E-state index in [-0.39, 0.29) is 11.2 Å². The zero-order valence-electron chi connectivity index (χ0n) is 16.5. The van der Waals surface area contributed by atoms with Crippen molar-refractivity contribution in [2.75, 3.05) is 36.0 Å². The van der Waals surface area contributed by atoms with Crippen LogP contribution >= 0.6 is 0 Å². The van der Waals surface area contributed by atoms with Crippen molar-refractivity contribution in [3.8, 4) is 0 Å². The fourth-order valence-corrected chi connectivity index (χ4v) is 4.53. The topological polar surface area (TPSA) is 58.3 Å². The number of aryl methyl sites for hydroxylation is 1. The summed E-state index contributed by atoms with van der Waals surface area (Å²) in [5.41, 5.74) is 3.55. The number of benzene rings is 1. The SMILES string of the molecule is Cc1cc(N2CC3(CCCN(c4nc(Cc5ccc(F)cc5)no4)C3)C2)ccn1. The molecule has 2 saturated heterocycles. The lowest BCUT2D eigenvalue weighted by Gasteiger charge is -2.55. The maximum absolute atomic E-state index is 13.1. The lowest BCUT2D eigenvalue weighted by atomic mass is 9.73. The molecular weight excluding hydrogens is 369 g/mol. The highest BCUT2D eigenvalue weighted by atomic mass is 19.1. The summed E-state index contributed by atoms with van der Waals surface area (Å²) in [6.45, 7) is 5.99. The molecule has 1 spiro atoms. The molecule has 0 amide bonds. The standard InChI is InChI=1S/C22H24FN5O/c1-16-11-19(7-9-24-16)28-14-22(15-28)8-2-10-27(13-22)21-25-20(26-29-21)12-17-3-5-18(23)6-4-17/h3-7,9,11H,2,8,10,12-15H2,1H3. The van der Waals surface area contributed by atoms with E-state index in [4.69, 9.17) is 4.52 Å². The third-order valence-electron chi connectivity index (χ3n) is 5.96. The Bertz CT molecular complexity index is 996. The molecule has 2 aliphatic heterocycles. The molecule has 0 bridgehead atoms. The lowest BCUT2D eigenvalue weighted by Crippen LogP contribution is -2.63. The first-order valence-corrected chi connectivity index (χ1v) is 10.1. The van der Waals surface area contributed by atoms with Gasteiger partial charge in [0, 0.05) is 55.6 Å². The second-order valence-corrected chi connectivity index (χ2v) is 8.33. The highest BCUT2D eigenvalue weighted by molar-refractivity contribution is 5.50. The molecule has 6 nitrogen and oxygen atoms in total. The number of piperidine rings is 1. The Morgan fingerprint density at radius 2 is 1.90 bits per heavy atom. The normalized spacial score (nSPS) is 18.1. The smallest absolute Gasteiger partial charge is 0.324 e. The highest BCUT2D eigenvalue weighted by Gasteiger charge is 2.46. The van der Waals surface area contributed by atoms with Crippen molar-refractivity contribution in [1.82, 2.24) is 15.1 Å². The molecule has 0 unspecified atom stereocenters. The first-order valence-electron chi connectivity index (χ1n) is 10.1. The summed E-state index contributed by atoms with van der Waals surface area (Å²) in [6, 6.07) is 11.2. The van der Waals surface area contributed by atoms with Crippen LogP contribution in [0.5, 0.6) is 0 Å². The van der Waals surface area contributed by atoms with Gasteiger partial charge in [0.05, 0.1) is 0 Å². The fourth-order valence-electron chi connectivity index (χ4n) is 4.53. The molecule has 0 saturated carbocycles. The van der Waals surface area contributed by atoms with Crippen LogP contribution in [-0.4, -0.2) is 41.3 Å². The van der Waals surface area contributed by atoms with Crippen LogP contribution in [-0.2, 0) is 6.42 Å². The van der Waals surface area contributed by atoms with Gasteiger partial charge in [-0.05, 0) is 49.6 Å². The van der Waals surface area contributed by atoms with Crippen LogP contribution < -0.4 is 9.80 Å². The van der Waals surface area contributed by atoms with E-state index in [1.54, 1.807) is 12.1 Å². The summed E-state index contributed by atoms with van der Waals surface area (Å²) < 4.78 is 18.6. The van der Waals surface area contributed by atoms with E-state index in [1.807, 2.05) is 13.1 Å². The van der Waals surface area contributed by atoms with Gasteiger partial charge in [-0.1, -0.05) is 17.3 Å². The predicted molar refractivity (Wildman–Crippen MR) is 109 cm³/mol. The van der Waals surface area contributed by atoms with Gasteiger partial charge in [-0.15, -0.1) is 0 Å². The number of halogens is 1. The van der Waals surface area contributed by atoms with Crippen molar-refractivity contribution in [2.24, 2.45) is 5.41 Å². The Hall–Kier alpha value is -2.96. The van der Waals surface area contributed by atoms with Gasteiger partial charge in [0.15, 0.2) is 5.82 Å². The molecule has 7 heteroatoms. The van der Waals surface area contributed by atoms with Crippen molar-refractivity contribution in [3.63, 3.8) is 0 Å². The minimum atomic E-state index is -0.238. The first kappa shape index (κ1) is 18.1. The molecule has 0 atom stereocenters. The van der Waals surface area contributed by atoms with Crippen molar-refractivity contribution in [3.05, 3.63) is 65.5 Å². The Morgan fingerprint density at radius 1 is 1.10 bits per heavy atom. The molecule has 29 heavy (non-hydrogen) atoms. The summed E-state index contributed by atoms with van der Waals surface area (Å²) >= 11 is 0. The number of pyridine rings is 1. The molecule has 0 aliphatic carbocycles.